The lowest BCUT2D eigenvalue weighted by Gasteiger charge is -2.13. The van der Waals surface area contributed by atoms with E-state index in [9.17, 15) is 9.18 Å². The molecule has 17 heavy (non-hydrogen) atoms. The van der Waals surface area contributed by atoms with E-state index < -0.39 is 5.82 Å². The highest BCUT2D eigenvalue weighted by atomic mass is 79.9. The van der Waals surface area contributed by atoms with Crippen LogP contribution in [-0.2, 0) is 0 Å². The van der Waals surface area contributed by atoms with Gasteiger partial charge < -0.3 is 11.1 Å². The minimum atomic E-state index is -0.466. The molecule has 6 heteroatoms. The molecule has 1 aromatic rings. The van der Waals surface area contributed by atoms with E-state index in [1.807, 2.05) is 0 Å². The van der Waals surface area contributed by atoms with Crippen LogP contribution in [0.2, 0.25) is 0 Å². The molecule has 0 saturated heterocycles. The molecule has 1 atom stereocenters. The van der Waals surface area contributed by atoms with Gasteiger partial charge in [-0.05, 0) is 25.1 Å². The van der Waals surface area contributed by atoms with Gasteiger partial charge in [-0.2, -0.15) is 0 Å². The van der Waals surface area contributed by atoms with Crippen LogP contribution in [0.25, 0.3) is 0 Å². The number of thiocarbonyl (C=S) groups is 1. The second-order valence-corrected chi connectivity index (χ2v) is 5.14. The van der Waals surface area contributed by atoms with Crippen molar-refractivity contribution in [3.8, 4) is 0 Å². The maximum absolute atomic E-state index is 13.1. The van der Waals surface area contributed by atoms with E-state index in [4.69, 9.17) is 18.0 Å². The maximum atomic E-state index is 13.1. The van der Waals surface area contributed by atoms with Gasteiger partial charge in [0.25, 0.3) is 5.91 Å². The van der Waals surface area contributed by atoms with Crippen molar-refractivity contribution >= 4 is 39.0 Å². The Balaban J connectivity index is 2.72. The summed E-state index contributed by atoms with van der Waals surface area (Å²) in [6.07, 6.45) is 0.414. The fraction of sp³-hybridized carbons (Fsp3) is 0.273. The number of nitrogens with two attached hydrogens (primary N) is 1. The minimum Gasteiger partial charge on any atom is -0.393 e. The van der Waals surface area contributed by atoms with Crippen molar-refractivity contribution in [2.45, 2.75) is 19.4 Å². The van der Waals surface area contributed by atoms with Gasteiger partial charge in [0.15, 0.2) is 0 Å². The lowest BCUT2D eigenvalue weighted by Crippen LogP contribution is -2.35. The SMILES string of the molecule is CC(CC(N)=S)NC(=O)c1cc(F)cc(Br)c1. The molecule has 0 fully saturated rings. The Labute approximate surface area is 113 Å². The van der Waals surface area contributed by atoms with E-state index in [0.29, 0.717) is 15.9 Å². The van der Waals surface area contributed by atoms with Gasteiger partial charge in [0.1, 0.15) is 5.82 Å². The number of hydrogen-bond donors (Lipinski definition) is 2. The number of nitrogens with one attached hydrogen (secondary N) is 1. The fourth-order valence-corrected chi connectivity index (χ4v) is 2.06. The Morgan fingerprint density at radius 1 is 1.59 bits per heavy atom. The van der Waals surface area contributed by atoms with E-state index in [1.165, 1.54) is 12.1 Å². The van der Waals surface area contributed by atoms with Crippen LogP contribution in [0.1, 0.15) is 23.7 Å². The molecule has 1 amide bonds. The first-order valence-electron chi connectivity index (χ1n) is 4.93. The molecule has 0 bridgehead atoms. The molecule has 3 nitrogen and oxygen atoms in total. The first-order valence-corrected chi connectivity index (χ1v) is 6.14. The third kappa shape index (κ3) is 4.79. The second kappa shape index (κ2) is 6.07. The Morgan fingerprint density at radius 3 is 2.76 bits per heavy atom. The van der Waals surface area contributed by atoms with Crippen molar-refractivity contribution < 1.29 is 9.18 Å². The summed E-state index contributed by atoms with van der Waals surface area (Å²) >= 11 is 7.87. The molecule has 0 saturated carbocycles. The summed E-state index contributed by atoms with van der Waals surface area (Å²) in [5, 5.41) is 2.69. The number of rotatable bonds is 4. The van der Waals surface area contributed by atoms with Gasteiger partial charge >= 0.3 is 0 Å². The smallest absolute Gasteiger partial charge is 0.251 e. The molecule has 1 unspecified atom stereocenters. The van der Waals surface area contributed by atoms with Crippen LogP contribution in [0, 0.1) is 5.82 Å². The van der Waals surface area contributed by atoms with Gasteiger partial charge in [0.2, 0.25) is 0 Å². The average molecular weight is 319 g/mol. The summed E-state index contributed by atoms with van der Waals surface area (Å²) in [6, 6.07) is 3.83. The molecule has 0 aliphatic carbocycles. The number of benzene rings is 1. The third-order valence-corrected chi connectivity index (χ3v) is 2.63. The Bertz CT molecular complexity index is 433. The van der Waals surface area contributed by atoms with Crippen molar-refractivity contribution in [1.82, 2.24) is 5.32 Å². The topological polar surface area (TPSA) is 55.1 Å². The molecule has 0 heterocycles. The monoisotopic (exact) mass is 318 g/mol. The van der Waals surface area contributed by atoms with E-state index in [0.717, 1.165) is 0 Å². The van der Waals surface area contributed by atoms with Crippen molar-refractivity contribution in [3.05, 3.63) is 34.1 Å². The van der Waals surface area contributed by atoms with Crippen LogP contribution in [-0.4, -0.2) is 16.9 Å². The highest BCUT2D eigenvalue weighted by Crippen LogP contribution is 2.15. The molecule has 0 aliphatic heterocycles. The molecule has 3 N–H and O–H groups in total. The van der Waals surface area contributed by atoms with Gasteiger partial charge in [-0.1, -0.05) is 28.1 Å². The van der Waals surface area contributed by atoms with Crippen LogP contribution in [0.3, 0.4) is 0 Å². The van der Waals surface area contributed by atoms with Crippen molar-refractivity contribution in [2.24, 2.45) is 5.73 Å². The van der Waals surface area contributed by atoms with Crippen LogP contribution >= 0.6 is 28.1 Å². The standard InChI is InChI=1S/C11H12BrFN2OS/c1-6(2-10(14)17)15-11(16)7-3-8(12)5-9(13)4-7/h3-6H,2H2,1H3,(H2,14,17)(H,15,16). The van der Waals surface area contributed by atoms with Crippen molar-refractivity contribution in [2.75, 3.05) is 0 Å². The van der Waals surface area contributed by atoms with Crippen LogP contribution in [0.5, 0.6) is 0 Å². The number of carbonyl (C=O) groups is 1. The van der Waals surface area contributed by atoms with Gasteiger partial charge in [-0.15, -0.1) is 0 Å². The number of amides is 1. The minimum absolute atomic E-state index is 0.179. The summed E-state index contributed by atoms with van der Waals surface area (Å²) in [5.74, 6) is -0.819. The van der Waals surface area contributed by atoms with Gasteiger partial charge in [0.05, 0.1) is 4.99 Å². The molecule has 0 spiro atoms. The Morgan fingerprint density at radius 2 is 2.24 bits per heavy atom. The first-order chi connectivity index (χ1) is 7.88. The third-order valence-electron chi connectivity index (χ3n) is 2.01. The van der Waals surface area contributed by atoms with E-state index >= 15 is 0 Å². The van der Waals surface area contributed by atoms with Gasteiger partial charge in [-0.25, -0.2) is 4.39 Å². The van der Waals surface area contributed by atoms with Crippen LogP contribution in [0.4, 0.5) is 4.39 Å². The van der Waals surface area contributed by atoms with Crippen molar-refractivity contribution in [1.29, 1.82) is 0 Å². The average Bonchev–Trinajstić information content (AvgIpc) is 2.14. The fourth-order valence-electron chi connectivity index (χ4n) is 1.34. The molecule has 1 aromatic carbocycles. The van der Waals surface area contributed by atoms with Crippen LogP contribution in [0.15, 0.2) is 22.7 Å². The van der Waals surface area contributed by atoms with Crippen LogP contribution < -0.4 is 11.1 Å². The van der Waals surface area contributed by atoms with Gasteiger partial charge in [0, 0.05) is 22.5 Å². The maximum Gasteiger partial charge on any atom is 0.251 e. The second-order valence-electron chi connectivity index (χ2n) is 3.70. The van der Waals surface area contributed by atoms with E-state index in [2.05, 4.69) is 21.2 Å². The summed E-state index contributed by atoms with van der Waals surface area (Å²) in [5.41, 5.74) is 5.62. The lowest BCUT2D eigenvalue weighted by atomic mass is 10.1. The lowest BCUT2D eigenvalue weighted by molar-refractivity contribution is 0.0941. The predicted octanol–water partition coefficient (Wildman–Crippen LogP) is 2.38. The molecular formula is C11H12BrFN2OS. The zero-order chi connectivity index (χ0) is 13.0. The number of carbonyl (C=O) groups excluding carboxylic acids is 1. The summed E-state index contributed by atoms with van der Waals surface area (Å²) < 4.78 is 13.6. The zero-order valence-electron chi connectivity index (χ0n) is 9.17. The van der Waals surface area contributed by atoms with Gasteiger partial charge in [-0.3, -0.25) is 4.79 Å². The Hall–Kier alpha value is -1.01. The normalized spacial score (nSPS) is 11.9. The summed E-state index contributed by atoms with van der Waals surface area (Å²) in [6.45, 7) is 1.78. The summed E-state index contributed by atoms with van der Waals surface area (Å²) in [4.78, 5) is 12.1. The molecule has 92 valence electrons. The van der Waals surface area contributed by atoms with E-state index in [-0.39, 0.29) is 17.5 Å². The predicted molar refractivity (Wildman–Crippen MR) is 72.4 cm³/mol. The first kappa shape index (κ1) is 14.1. The van der Waals surface area contributed by atoms with Crippen molar-refractivity contribution in [3.63, 3.8) is 0 Å². The largest absolute Gasteiger partial charge is 0.393 e. The summed E-state index contributed by atoms with van der Waals surface area (Å²) in [7, 11) is 0. The highest BCUT2D eigenvalue weighted by molar-refractivity contribution is 9.10. The molecule has 0 radical (unpaired) electrons. The zero-order valence-corrected chi connectivity index (χ0v) is 11.6. The quantitative estimate of drug-likeness (QED) is 0.838. The molecule has 0 aromatic heterocycles. The molecule has 0 aliphatic rings. The molecule has 1 rings (SSSR count). The number of hydrogen-bond acceptors (Lipinski definition) is 2. The highest BCUT2D eigenvalue weighted by Gasteiger charge is 2.12. The Kier molecular flexibility index (Phi) is 5.02. The van der Waals surface area contributed by atoms with E-state index in [1.54, 1.807) is 13.0 Å². The molecular weight excluding hydrogens is 307 g/mol. The number of halogens is 2.